The molecule has 2 amide bonds. The number of anilines is 1. The Bertz CT molecular complexity index is 1080. The van der Waals surface area contributed by atoms with Gasteiger partial charge in [-0.05, 0) is 43.2 Å². The SMILES string of the molecule is C=CC1=CC[C@H]2C(=O)N(c3ccc(F)c(Cl)c3)C(=O)[C@@]2(C)[C@H]1c1ccccc1O. The molecule has 1 aliphatic heterocycles. The number of allylic oxidation sites excluding steroid dienone is 3. The molecule has 0 aromatic heterocycles. The summed E-state index contributed by atoms with van der Waals surface area (Å²) in [7, 11) is 0. The molecule has 148 valence electrons. The van der Waals surface area contributed by atoms with Crippen molar-refractivity contribution in [3.8, 4) is 5.75 Å². The number of para-hydroxylation sites is 1. The molecule has 2 aliphatic rings. The fourth-order valence-electron chi connectivity index (χ4n) is 4.59. The highest BCUT2D eigenvalue weighted by Gasteiger charge is 2.62. The number of phenolic OH excluding ortho intramolecular Hbond substituents is 1. The maximum absolute atomic E-state index is 13.7. The summed E-state index contributed by atoms with van der Waals surface area (Å²) in [5, 5.41) is 10.3. The standard InChI is InChI=1S/C23H19ClFNO3/c1-3-13-8-10-16-21(28)26(14-9-11-18(25)17(24)12-14)22(29)23(16,2)20(13)15-6-4-5-7-19(15)27/h3-9,11-12,16,20,27H,1,10H2,2H3/t16-,20+,23+/m0/s1. The van der Waals surface area contributed by atoms with Crippen molar-refractivity contribution in [2.75, 3.05) is 4.90 Å². The minimum Gasteiger partial charge on any atom is -0.508 e. The molecule has 1 heterocycles. The lowest BCUT2D eigenvalue weighted by atomic mass is 9.60. The lowest BCUT2D eigenvalue weighted by Crippen LogP contribution is -2.41. The van der Waals surface area contributed by atoms with E-state index >= 15 is 0 Å². The molecule has 0 unspecified atom stereocenters. The normalized spacial score (nSPS) is 26.3. The van der Waals surface area contributed by atoms with Crippen molar-refractivity contribution in [3.63, 3.8) is 0 Å². The number of imide groups is 1. The van der Waals surface area contributed by atoms with E-state index in [2.05, 4.69) is 6.58 Å². The lowest BCUT2D eigenvalue weighted by molar-refractivity contribution is -0.127. The number of carbonyl (C=O) groups excluding carboxylic acids is 2. The number of phenols is 1. The second-order valence-electron chi connectivity index (χ2n) is 7.55. The van der Waals surface area contributed by atoms with Crippen LogP contribution in [0.2, 0.25) is 5.02 Å². The van der Waals surface area contributed by atoms with Crippen molar-refractivity contribution in [1.29, 1.82) is 0 Å². The molecular weight excluding hydrogens is 393 g/mol. The average Bonchev–Trinajstić information content (AvgIpc) is 2.90. The van der Waals surface area contributed by atoms with Crippen molar-refractivity contribution < 1.29 is 19.1 Å². The molecule has 0 bridgehead atoms. The molecule has 1 saturated heterocycles. The smallest absolute Gasteiger partial charge is 0.241 e. The van der Waals surface area contributed by atoms with Crippen molar-refractivity contribution >= 4 is 29.1 Å². The summed E-state index contributed by atoms with van der Waals surface area (Å²) in [5.74, 6) is -2.50. The first-order chi connectivity index (χ1) is 13.8. The average molecular weight is 412 g/mol. The van der Waals surface area contributed by atoms with Crippen LogP contribution in [-0.4, -0.2) is 16.9 Å². The number of aromatic hydroxyl groups is 1. The second-order valence-corrected chi connectivity index (χ2v) is 7.96. The van der Waals surface area contributed by atoms with Crippen LogP contribution in [0.5, 0.6) is 5.75 Å². The largest absolute Gasteiger partial charge is 0.508 e. The molecule has 0 saturated carbocycles. The maximum Gasteiger partial charge on any atom is 0.241 e. The first-order valence-electron chi connectivity index (χ1n) is 9.24. The van der Waals surface area contributed by atoms with Gasteiger partial charge in [-0.15, -0.1) is 0 Å². The minimum atomic E-state index is -1.13. The van der Waals surface area contributed by atoms with Gasteiger partial charge in [-0.25, -0.2) is 9.29 Å². The van der Waals surface area contributed by atoms with E-state index < -0.39 is 29.0 Å². The van der Waals surface area contributed by atoms with E-state index in [1.165, 1.54) is 12.1 Å². The molecule has 2 aromatic rings. The van der Waals surface area contributed by atoms with Gasteiger partial charge in [0.2, 0.25) is 11.8 Å². The van der Waals surface area contributed by atoms with Gasteiger partial charge in [-0.3, -0.25) is 9.59 Å². The van der Waals surface area contributed by atoms with Crippen LogP contribution in [0.4, 0.5) is 10.1 Å². The third-order valence-corrected chi connectivity index (χ3v) is 6.36. The van der Waals surface area contributed by atoms with Crippen molar-refractivity contribution in [1.82, 2.24) is 0 Å². The zero-order chi connectivity index (χ0) is 20.9. The van der Waals surface area contributed by atoms with E-state index in [4.69, 9.17) is 11.6 Å². The third kappa shape index (κ3) is 2.72. The fourth-order valence-corrected chi connectivity index (χ4v) is 4.77. The summed E-state index contributed by atoms with van der Waals surface area (Å²) in [5.41, 5.74) is 0.448. The number of benzene rings is 2. The second kappa shape index (κ2) is 6.85. The van der Waals surface area contributed by atoms with Crippen LogP contribution in [-0.2, 0) is 9.59 Å². The predicted octanol–water partition coefficient (Wildman–Crippen LogP) is 4.98. The summed E-state index contributed by atoms with van der Waals surface area (Å²) < 4.78 is 13.6. The van der Waals surface area contributed by atoms with Crippen LogP contribution >= 0.6 is 11.6 Å². The van der Waals surface area contributed by atoms with Crippen molar-refractivity contribution in [3.05, 3.63) is 83.2 Å². The first kappa shape index (κ1) is 19.4. The molecule has 0 spiro atoms. The summed E-state index contributed by atoms with van der Waals surface area (Å²) in [6.45, 7) is 5.61. The summed E-state index contributed by atoms with van der Waals surface area (Å²) in [4.78, 5) is 28.0. The molecule has 2 aromatic carbocycles. The Morgan fingerprint density at radius 3 is 2.66 bits per heavy atom. The van der Waals surface area contributed by atoms with Gasteiger partial charge >= 0.3 is 0 Å². The lowest BCUT2D eigenvalue weighted by Gasteiger charge is -2.40. The number of carbonyl (C=O) groups is 2. The topological polar surface area (TPSA) is 57.6 Å². The zero-order valence-electron chi connectivity index (χ0n) is 15.7. The highest BCUT2D eigenvalue weighted by atomic mass is 35.5. The first-order valence-corrected chi connectivity index (χ1v) is 9.62. The van der Waals surface area contributed by atoms with E-state index in [9.17, 15) is 19.1 Å². The number of hydrogen-bond acceptors (Lipinski definition) is 3. The van der Waals surface area contributed by atoms with E-state index in [1.54, 1.807) is 37.3 Å². The van der Waals surface area contributed by atoms with Gasteiger partial charge < -0.3 is 5.11 Å². The van der Waals surface area contributed by atoms with Gasteiger partial charge in [0.25, 0.3) is 0 Å². The van der Waals surface area contributed by atoms with Gasteiger partial charge in [0.1, 0.15) is 11.6 Å². The van der Waals surface area contributed by atoms with Gasteiger partial charge in [-0.1, -0.05) is 48.5 Å². The molecule has 4 nitrogen and oxygen atoms in total. The van der Waals surface area contributed by atoms with Crippen LogP contribution in [0, 0.1) is 17.2 Å². The molecular formula is C23H19ClFNO3. The number of hydrogen-bond donors (Lipinski definition) is 1. The minimum absolute atomic E-state index is 0.0515. The Labute approximate surface area is 172 Å². The predicted molar refractivity (Wildman–Crippen MR) is 109 cm³/mol. The Morgan fingerprint density at radius 1 is 1.28 bits per heavy atom. The highest BCUT2D eigenvalue weighted by molar-refractivity contribution is 6.31. The highest BCUT2D eigenvalue weighted by Crippen LogP contribution is 2.57. The van der Waals surface area contributed by atoms with Gasteiger partial charge in [0.15, 0.2) is 0 Å². The maximum atomic E-state index is 13.7. The molecule has 1 fully saturated rings. The van der Waals surface area contributed by atoms with Gasteiger partial charge in [0, 0.05) is 11.5 Å². The molecule has 4 rings (SSSR count). The molecule has 1 aliphatic carbocycles. The number of nitrogens with zero attached hydrogens (tertiary/aromatic N) is 1. The molecule has 0 radical (unpaired) electrons. The van der Waals surface area contributed by atoms with Gasteiger partial charge in [-0.2, -0.15) is 0 Å². The quantitative estimate of drug-likeness (QED) is 0.724. The van der Waals surface area contributed by atoms with Gasteiger partial charge in [0.05, 0.1) is 22.0 Å². The Balaban J connectivity index is 1.88. The summed E-state index contributed by atoms with van der Waals surface area (Å²) >= 11 is 5.89. The third-order valence-electron chi connectivity index (χ3n) is 6.07. The molecule has 29 heavy (non-hydrogen) atoms. The van der Waals surface area contributed by atoms with E-state index in [0.717, 1.165) is 16.5 Å². The zero-order valence-corrected chi connectivity index (χ0v) is 16.5. The summed E-state index contributed by atoms with van der Waals surface area (Å²) in [6, 6.07) is 10.6. The number of halogens is 2. The van der Waals surface area contributed by atoms with Crippen LogP contribution in [0.15, 0.2) is 66.8 Å². The number of amides is 2. The van der Waals surface area contributed by atoms with Crippen LogP contribution in [0.1, 0.15) is 24.8 Å². The Morgan fingerprint density at radius 2 is 2.00 bits per heavy atom. The molecule has 6 heteroatoms. The van der Waals surface area contributed by atoms with Crippen LogP contribution < -0.4 is 4.90 Å². The Kier molecular flexibility index (Phi) is 4.58. The van der Waals surface area contributed by atoms with E-state index in [0.29, 0.717) is 12.0 Å². The number of fused-ring (bicyclic) bond motifs is 1. The molecule has 3 atom stereocenters. The summed E-state index contributed by atoms with van der Waals surface area (Å²) in [6.07, 6.45) is 3.93. The van der Waals surface area contributed by atoms with Crippen molar-refractivity contribution in [2.45, 2.75) is 19.3 Å². The van der Waals surface area contributed by atoms with Crippen LogP contribution in [0.25, 0.3) is 0 Å². The fraction of sp³-hybridized carbons (Fsp3) is 0.217. The van der Waals surface area contributed by atoms with E-state index in [1.807, 2.05) is 6.08 Å². The molecule has 1 N–H and O–H groups in total. The van der Waals surface area contributed by atoms with Crippen molar-refractivity contribution in [2.24, 2.45) is 11.3 Å². The monoisotopic (exact) mass is 411 g/mol. The van der Waals surface area contributed by atoms with E-state index in [-0.39, 0.29) is 22.4 Å². The Hall–Kier alpha value is -2.92. The number of rotatable bonds is 3. The van der Waals surface area contributed by atoms with Crippen LogP contribution in [0.3, 0.4) is 0 Å².